The van der Waals surface area contributed by atoms with Gasteiger partial charge in [0.15, 0.2) is 0 Å². The van der Waals surface area contributed by atoms with E-state index in [9.17, 15) is 0 Å². The molecule has 124 valence electrons. The summed E-state index contributed by atoms with van der Waals surface area (Å²) in [6.07, 6.45) is 2.56. The standard InChI is InChI=1S/C16H29N5O/c1-13-15(12-20-6-4-5-14(11-20)17-2)16(19(3)18-13)21-7-9-22-10-8-21/h14,17H,4-12H2,1-3H3. The van der Waals surface area contributed by atoms with Gasteiger partial charge in [0.1, 0.15) is 5.82 Å². The van der Waals surface area contributed by atoms with Crippen LogP contribution in [0.5, 0.6) is 0 Å². The first-order chi connectivity index (χ1) is 10.7. The number of likely N-dealkylation sites (N-methyl/N-ethyl adjacent to an activating group) is 1. The molecule has 0 bridgehead atoms. The minimum absolute atomic E-state index is 0.623. The van der Waals surface area contributed by atoms with Crippen molar-refractivity contribution < 1.29 is 4.74 Å². The lowest BCUT2D eigenvalue weighted by Gasteiger charge is -2.34. The molecule has 2 aliphatic heterocycles. The van der Waals surface area contributed by atoms with Crippen LogP contribution < -0.4 is 10.2 Å². The Bertz CT molecular complexity index is 495. The first kappa shape index (κ1) is 15.8. The van der Waals surface area contributed by atoms with Crippen molar-refractivity contribution in [2.24, 2.45) is 7.05 Å². The first-order valence-electron chi connectivity index (χ1n) is 8.44. The van der Waals surface area contributed by atoms with Crippen molar-refractivity contribution >= 4 is 5.82 Å². The summed E-state index contributed by atoms with van der Waals surface area (Å²) in [7, 11) is 4.14. The van der Waals surface area contributed by atoms with Crippen LogP contribution >= 0.6 is 0 Å². The van der Waals surface area contributed by atoms with Crippen molar-refractivity contribution in [3.05, 3.63) is 11.3 Å². The van der Waals surface area contributed by atoms with Gasteiger partial charge >= 0.3 is 0 Å². The second-order valence-electron chi connectivity index (χ2n) is 6.47. The Kier molecular flexibility index (Phi) is 5.00. The van der Waals surface area contributed by atoms with Crippen LogP contribution in [0.4, 0.5) is 5.82 Å². The molecular formula is C16H29N5O. The number of rotatable bonds is 4. The maximum Gasteiger partial charge on any atom is 0.131 e. The van der Waals surface area contributed by atoms with Gasteiger partial charge in [-0.15, -0.1) is 0 Å². The van der Waals surface area contributed by atoms with Crippen LogP contribution in [-0.2, 0) is 18.3 Å². The van der Waals surface area contributed by atoms with Crippen LogP contribution in [0.2, 0.25) is 0 Å². The predicted octanol–water partition coefficient (Wildman–Crippen LogP) is 0.749. The Hall–Kier alpha value is -1.11. The fourth-order valence-corrected chi connectivity index (χ4v) is 3.70. The molecule has 3 heterocycles. The maximum atomic E-state index is 5.50. The topological polar surface area (TPSA) is 45.6 Å². The molecule has 3 rings (SSSR count). The number of piperidine rings is 1. The van der Waals surface area contributed by atoms with Gasteiger partial charge in [0, 0.05) is 44.8 Å². The third kappa shape index (κ3) is 3.29. The molecule has 2 fully saturated rings. The second-order valence-corrected chi connectivity index (χ2v) is 6.47. The van der Waals surface area contributed by atoms with Gasteiger partial charge in [-0.25, -0.2) is 0 Å². The molecule has 0 aliphatic carbocycles. The van der Waals surface area contributed by atoms with Crippen molar-refractivity contribution in [1.82, 2.24) is 20.0 Å². The minimum Gasteiger partial charge on any atom is -0.378 e. The van der Waals surface area contributed by atoms with Crippen LogP contribution in [0.3, 0.4) is 0 Å². The van der Waals surface area contributed by atoms with E-state index in [4.69, 9.17) is 4.74 Å². The molecule has 0 saturated carbocycles. The molecule has 1 aromatic heterocycles. The lowest BCUT2D eigenvalue weighted by molar-refractivity contribution is 0.121. The molecule has 2 saturated heterocycles. The van der Waals surface area contributed by atoms with Crippen molar-refractivity contribution in [3.63, 3.8) is 0 Å². The quantitative estimate of drug-likeness (QED) is 0.889. The van der Waals surface area contributed by atoms with E-state index in [0.717, 1.165) is 45.1 Å². The molecule has 1 atom stereocenters. The van der Waals surface area contributed by atoms with Crippen LogP contribution in [0, 0.1) is 6.92 Å². The molecule has 1 N–H and O–H groups in total. The zero-order valence-electron chi connectivity index (χ0n) is 14.1. The Morgan fingerprint density at radius 2 is 2.05 bits per heavy atom. The van der Waals surface area contributed by atoms with Crippen LogP contribution in [0.1, 0.15) is 24.1 Å². The van der Waals surface area contributed by atoms with Gasteiger partial charge in [-0.1, -0.05) is 0 Å². The summed E-state index contributed by atoms with van der Waals surface area (Å²) >= 11 is 0. The number of aromatic nitrogens is 2. The van der Waals surface area contributed by atoms with E-state index in [1.54, 1.807) is 0 Å². The third-order valence-electron chi connectivity index (χ3n) is 4.92. The Balaban J connectivity index is 1.77. The Morgan fingerprint density at radius 1 is 1.27 bits per heavy atom. The molecule has 6 nitrogen and oxygen atoms in total. The predicted molar refractivity (Wildman–Crippen MR) is 88.3 cm³/mol. The number of morpholine rings is 1. The SMILES string of the molecule is CNC1CCCN(Cc2c(C)nn(C)c2N2CCOCC2)C1. The summed E-state index contributed by atoms with van der Waals surface area (Å²) in [4.78, 5) is 5.00. The number of ether oxygens (including phenoxy) is 1. The monoisotopic (exact) mass is 307 g/mol. The summed E-state index contributed by atoms with van der Waals surface area (Å²) in [5, 5.41) is 8.11. The average molecular weight is 307 g/mol. The van der Waals surface area contributed by atoms with E-state index in [-0.39, 0.29) is 0 Å². The molecule has 22 heavy (non-hydrogen) atoms. The van der Waals surface area contributed by atoms with E-state index in [2.05, 4.69) is 45.9 Å². The van der Waals surface area contributed by atoms with E-state index >= 15 is 0 Å². The van der Waals surface area contributed by atoms with Crippen molar-refractivity contribution in [1.29, 1.82) is 0 Å². The molecule has 0 radical (unpaired) electrons. The number of nitrogens with one attached hydrogen (secondary N) is 1. The Labute approximate surface area is 133 Å². The van der Waals surface area contributed by atoms with Gasteiger partial charge in [0.05, 0.1) is 18.9 Å². The molecular weight excluding hydrogens is 278 g/mol. The van der Waals surface area contributed by atoms with Gasteiger partial charge in [-0.3, -0.25) is 9.58 Å². The fourth-order valence-electron chi connectivity index (χ4n) is 3.70. The average Bonchev–Trinajstić information content (AvgIpc) is 2.82. The summed E-state index contributed by atoms with van der Waals surface area (Å²) in [5.41, 5.74) is 2.55. The summed E-state index contributed by atoms with van der Waals surface area (Å²) in [6, 6.07) is 0.623. The molecule has 0 amide bonds. The van der Waals surface area contributed by atoms with Gasteiger partial charge < -0.3 is 15.0 Å². The lowest BCUT2D eigenvalue weighted by Crippen LogP contribution is -2.44. The normalized spacial score (nSPS) is 24.0. The molecule has 2 aliphatic rings. The van der Waals surface area contributed by atoms with E-state index in [1.165, 1.54) is 30.8 Å². The van der Waals surface area contributed by atoms with E-state index in [0.29, 0.717) is 6.04 Å². The van der Waals surface area contributed by atoms with Gasteiger partial charge in [-0.05, 0) is 33.4 Å². The molecule has 1 aromatic rings. The molecule has 6 heteroatoms. The van der Waals surface area contributed by atoms with Gasteiger partial charge in [-0.2, -0.15) is 5.10 Å². The highest BCUT2D eigenvalue weighted by molar-refractivity contribution is 5.50. The van der Waals surface area contributed by atoms with Gasteiger partial charge in [0.25, 0.3) is 0 Å². The zero-order chi connectivity index (χ0) is 15.5. The number of nitrogens with zero attached hydrogens (tertiary/aromatic N) is 4. The Morgan fingerprint density at radius 3 is 2.77 bits per heavy atom. The lowest BCUT2D eigenvalue weighted by atomic mass is 10.0. The third-order valence-corrected chi connectivity index (χ3v) is 4.92. The number of hydrogen-bond donors (Lipinski definition) is 1. The summed E-state index contributed by atoms with van der Waals surface area (Å²) in [6.45, 7) is 9.02. The van der Waals surface area contributed by atoms with E-state index in [1.807, 2.05) is 0 Å². The zero-order valence-corrected chi connectivity index (χ0v) is 14.1. The highest BCUT2D eigenvalue weighted by Gasteiger charge is 2.25. The highest BCUT2D eigenvalue weighted by Crippen LogP contribution is 2.26. The van der Waals surface area contributed by atoms with Gasteiger partial charge in [0.2, 0.25) is 0 Å². The van der Waals surface area contributed by atoms with Crippen molar-refractivity contribution in [3.8, 4) is 0 Å². The van der Waals surface area contributed by atoms with Crippen LogP contribution in [0.15, 0.2) is 0 Å². The van der Waals surface area contributed by atoms with Crippen molar-refractivity contribution in [2.45, 2.75) is 32.4 Å². The number of anilines is 1. The van der Waals surface area contributed by atoms with E-state index < -0.39 is 0 Å². The summed E-state index contributed by atoms with van der Waals surface area (Å²) < 4.78 is 7.55. The van der Waals surface area contributed by atoms with Crippen LogP contribution in [-0.4, -0.2) is 67.2 Å². The maximum absolute atomic E-state index is 5.50. The number of likely N-dealkylation sites (tertiary alicyclic amines) is 1. The number of hydrogen-bond acceptors (Lipinski definition) is 5. The number of aryl methyl sites for hydroxylation is 2. The molecule has 0 spiro atoms. The molecule has 0 aromatic carbocycles. The largest absolute Gasteiger partial charge is 0.378 e. The van der Waals surface area contributed by atoms with Crippen molar-refractivity contribution in [2.75, 3.05) is 51.3 Å². The summed E-state index contributed by atoms with van der Waals surface area (Å²) in [5.74, 6) is 1.28. The molecule has 1 unspecified atom stereocenters. The highest BCUT2D eigenvalue weighted by atomic mass is 16.5. The first-order valence-corrected chi connectivity index (χ1v) is 8.44. The smallest absolute Gasteiger partial charge is 0.131 e. The second kappa shape index (κ2) is 6.98. The minimum atomic E-state index is 0.623. The fraction of sp³-hybridized carbons (Fsp3) is 0.812. The van der Waals surface area contributed by atoms with Crippen LogP contribution in [0.25, 0.3) is 0 Å².